The lowest BCUT2D eigenvalue weighted by molar-refractivity contribution is -0.384. The summed E-state index contributed by atoms with van der Waals surface area (Å²) in [6.07, 6.45) is 11.1. The molecule has 0 spiro atoms. The van der Waals surface area contributed by atoms with Crippen LogP contribution in [0.15, 0.2) is 29.4 Å². The van der Waals surface area contributed by atoms with Crippen LogP contribution >= 0.6 is 0 Å². The van der Waals surface area contributed by atoms with E-state index in [1.165, 1.54) is 62.8 Å². The Morgan fingerprint density at radius 1 is 1.07 bits per heavy atom. The summed E-state index contributed by atoms with van der Waals surface area (Å²) in [6.45, 7) is 2.21. The molecule has 0 unspecified atom stereocenters. The first kappa shape index (κ1) is 22.5. The van der Waals surface area contributed by atoms with Crippen LogP contribution < -0.4 is 10.3 Å². The lowest BCUT2D eigenvalue weighted by Gasteiger charge is -2.10. The van der Waals surface area contributed by atoms with E-state index >= 15 is 0 Å². The molecule has 2 amide bonds. The number of amides is 2. The van der Waals surface area contributed by atoms with Crippen molar-refractivity contribution >= 4 is 29.0 Å². The highest BCUT2D eigenvalue weighted by Crippen LogP contribution is 2.23. The third kappa shape index (κ3) is 7.63. The number of hydrogen-bond donors (Lipinski definition) is 1. The van der Waals surface area contributed by atoms with Gasteiger partial charge < -0.3 is 5.32 Å². The number of amidine groups is 1. The fraction of sp³-hybridized carbons (Fsp3) is 0.571. The number of anilines is 1. The van der Waals surface area contributed by atoms with Crippen molar-refractivity contribution in [1.82, 2.24) is 5.32 Å². The highest BCUT2D eigenvalue weighted by Gasteiger charge is 2.26. The number of nitrogens with zero attached hydrogens (tertiary/aromatic N) is 3. The van der Waals surface area contributed by atoms with Gasteiger partial charge in [0.1, 0.15) is 5.84 Å². The number of carbonyl (C=O) groups is 2. The molecule has 0 aliphatic carbocycles. The minimum Gasteiger partial charge on any atom is -0.312 e. The van der Waals surface area contributed by atoms with Crippen LogP contribution in [0.2, 0.25) is 0 Å². The second kappa shape index (κ2) is 11.9. The van der Waals surface area contributed by atoms with Crippen LogP contribution in [0.25, 0.3) is 0 Å². The Balaban J connectivity index is 1.69. The summed E-state index contributed by atoms with van der Waals surface area (Å²) in [4.78, 5) is 34.4. The Morgan fingerprint density at radius 3 is 2.24 bits per heavy atom. The lowest BCUT2D eigenvalue weighted by atomic mass is 10.1. The summed E-state index contributed by atoms with van der Waals surface area (Å²) in [5, 5.41) is 18.7. The van der Waals surface area contributed by atoms with Gasteiger partial charge in [0.2, 0.25) is 5.91 Å². The topological polar surface area (TPSA) is 105 Å². The van der Waals surface area contributed by atoms with Gasteiger partial charge in [-0.2, -0.15) is 10.1 Å². The van der Waals surface area contributed by atoms with Crippen LogP contribution in [0.4, 0.5) is 11.4 Å². The number of unbranched alkanes of at least 4 members (excludes halogenated alkanes) is 8. The molecular weight excluding hydrogens is 372 g/mol. The molecule has 0 atom stereocenters. The van der Waals surface area contributed by atoms with Crippen molar-refractivity contribution < 1.29 is 14.5 Å². The molecule has 2 rings (SSSR count). The largest absolute Gasteiger partial charge is 0.312 e. The molecule has 0 radical (unpaired) electrons. The zero-order chi connectivity index (χ0) is 21.1. The van der Waals surface area contributed by atoms with Crippen molar-refractivity contribution in [2.45, 2.75) is 77.6 Å². The average Bonchev–Trinajstić information content (AvgIpc) is 3.06. The number of carbonyl (C=O) groups excluding carboxylic acids is 2. The first-order valence-corrected chi connectivity index (χ1v) is 10.5. The standard InChI is InChI=1S/C21H30N4O4/c1-2-3-4-5-6-7-8-9-10-11-20(26)22-19-16-21(27)24(23-19)17-12-14-18(15-13-17)25(28)29/h12-15H,2-11,16H2,1H3,(H,22,23,26). The van der Waals surface area contributed by atoms with E-state index in [4.69, 9.17) is 0 Å². The van der Waals surface area contributed by atoms with Gasteiger partial charge in [-0.15, -0.1) is 0 Å². The fourth-order valence-corrected chi connectivity index (χ4v) is 3.24. The van der Waals surface area contributed by atoms with Gasteiger partial charge in [-0.3, -0.25) is 19.7 Å². The smallest absolute Gasteiger partial charge is 0.269 e. The van der Waals surface area contributed by atoms with E-state index in [1.807, 2.05) is 0 Å². The van der Waals surface area contributed by atoms with E-state index in [0.29, 0.717) is 17.9 Å². The van der Waals surface area contributed by atoms with Gasteiger partial charge >= 0.3 is 0 Å². The Bertz CT molecular complexity index is 731. The Kier molecular flexibility index (Phi) is 9.27. The van der Waals surface area contributed by atoms with E-state index in [-0.39, 0.29) is 23.9 Å². The number of non-ortho nitro benzene ring substituents is 1. The summed E-state index contributed by atoms with van der Waals surface area (Å²) in [5.74, 6) is -0.100. The van der Waals surface area contributed by atoms with Crippen molar-refractivity contribution in [1.29, 1.82) is 0 Å². The number of benzene rings is 1. The van der Waals surface area contributed by atoms with E-state index in [9.17, 15) is 19.7 Å². The highest BCUT2D eigenvalue weighted by atomic mass is 16.6. The maximum atomic E-state index is 12.1. The average molecular weight is 402 g/mol. The lowest BCUT2D eigenvalue weighted by Crippen LogP contribution is -2.29. The minimum absolute atomic E-state index is 0.0144. The van der Waals surface area contributed by atoms with Crippen LogP contribution in [0, 0.1) is 10.1 Å². The Hall–Kier alpha value is -2.77. The highest BCUT2D eigenvalue weighted by molar-refractivity contribution is 6.15. The van der Waals surface area contributed by atoms with Gasteiger partial charge in [0.15, 0.2) is 0 Å². The molecule has 0 bridgehead atoms. The molecule has 1 aliphatic rings. The quantitative estimate of drug-likeness (QED) is 0.311. The first-order valence-electron chi connectivity index (χ1n) is 10.5. The van der Waals surface area contributed by atoms with E-state index in [1.54, 1.807) is 0 Å². The van der Waals surface area contributed by atoms with Crippen LogP contribution in [-0.2, 0) is 9.59 Å². The minimum atomic E-state index is -0.503. The third-order valence-electron chi connectivity index (χ3n) is 4.87. The number of rotatable bonds is 12. The fourth-order valence-electron chi connectivity index (χ4n) is 3.24. The van der Waals surface area contributed by atoms with Gasteiger partial charge in [-0.1, -0.05) is 58.3 Å². The van der Waals surface area contributed by atoms with E-state index in [2.05, 4.69) is 17.3 Å². The van der Waals surface area contributed by atoms with Crippen molar-refractivity contribution in [2.75, 3.05) is 5.01 Å². The molecule has 0 saturated carbocycles. The van der Waals surface area contributed by atoms with Gasteiger partial charge in [-0.05, 0) is 18.6 Å². The molecule has 1 heterocycles. The monoisotopic (exact) mass is 402 g/mol. The summed E-state index contributed by atoms with van der Waals surface area (Å²) >= 11 is 0. The molecule has 158 valence electrons. The van der Waals surface area contributed by atoms with E-state index < -0.39 is 4.92 Å². The van der Waals surface area contributed by atoms with Crippen molar-refractivity contribution in [3.63, 3.8) is 0 Å². The Labute approximate surface area is 171 Å². The third-order valence-corrected chi connectivity index (χ3v) is 4.87. The molecular formula is C21H30N4O4. The van der Waals surface area contributed by atoms with Crippen LogP contribution in [0.5, 0.6) is 0 Å². The molecule has 1 aliphatic heterocycles. The van der Waals surface area contributed by atoms with E-state index in [0.717, 1.165) is 24.3 Å². The predicted molar refractivity (Wildman–Crippen MR) is 113 cm³/mol. The molecule has 0 saturated heterocycles. The second-order valence-electron chi connectivity index (χ2n) is 7.33. The molecule has 0 aromatic heterocycles. The summed E-state index contributed by atoms with van der Waals surface area (Å²) in [7, 11) is 0. The second-order valence-corrected chi connectivity index (χ2v) is 7.33. The molecule has 8 heteroatoms. The first-order chi connectivity index (χ1) is 14.0. The van der Waals surface area contributed by atoms with Crippen molar-refractivity contribution in [3.8, 4) is 0 Å². The molecule has 1 aromatic rings. The number of hydrogen-bond acceptors (Lipinski definition) is 5. The van der Waals surface area contributed by atoms with Crippen LogP contribution in [0.3, 0.4) is 0 Å². The van der Waals surface area contributed by atoms with Gasteiger partial charge in [0.05, 0.1) is 17.0 Å². The number of nitro groups is 1. The number of nitro benzene ring substituents is 1. The van der Waals surface area contributed by atoms with Crippen LogP contribution in [0.1, 0.15) is 77.6 Å². The normalized spacial score (nSPS) is 13.5. The van der Waals surface area contributed by atoms with Gasteiger partial charge in [-0.25, -0.2) is 0 Å². The van der Waals surface area contributed by atoms with Crippen LogP contribution in [-0.4, -0.2) is 22.6 Å². The van der Waals surface area contributed by atoms with Gasteiger partial charge in [0.25, 0.3) is 11.6 Å². The maximum Gasteiger partial charge on any atom is 0.269 e. The number of nitrogens with one attached hydrogen (secondary N) is 1. The zero-order valence-corrected chi connectivity index (χ0v) is 17.1. The van der Waals surface area contributed by atoms with Crippen molar-refractivity contribution in [2.24, 2.45) is 5.10 Å². The molecule has 29 heavy (non-hydrogen) atoms. The zero-order valence-electron chi connectivity index (χ0n) is 17.1. The molecule has 1 aromatic carbocycles. The summed E-state index contributed by atoms with van der Waals surface area (Å²) in [5.41, 5.74) is 0.377. The Morgan fingerprint density at radius 2 is 1.66 bits per heavy atom. The molecule has 0 fully saturated rings. The SMILES string of the molecule is CCCCCCCCCCCC(=O)NC1=NN(c2ccc([N+](=O)[O-])cc2)C(=O)C1. The maximum absolute atomic E-state index is 12.1. The predicted octanol–water partition coefficient (Wildman–Crippen LogP) is 4.68. The van der Waals surface area contributed by atoms with Gasteiger partial charge in [0, 0.05) is 18.6 Å². The summed E-state index contributed by atoms with van der Waals surface area (Å²) in [6, 6.07) is 5.57. The summed E-state index contributed by atoms with van der Waals surface area (Å²) < 4.78 is 0. The molecule has 1 N–H and O–H groups in total. The van der Waals surface area contributed by atoms with Crippen molar-refractivity contribution in [3.05, 3.63) is 34.4 Å². The number of hydrazone groups is 1. The molecule has 8 nitrogen and oxygen atoms in total.